The van der Waals surface area contributed by atoms with Crippen molar-refractivity contribution in [2.75, 3.05) is 35.8 Å². The Bertz CT molecular complexity index is 1410. The minimum Gasteiger partial charge on any atom is -0.372 e. The Morgan fingerprint density at radius 1 is 0.587 bits per heavy atom. The van der Waals surface area contributed by atoms with Gasteiger partial charge in [-0.2, -0.15) is 0 Å². The highest BCUT2D eigenvalue weighted by molar-refractivity contribution is 5.81. The monoisotopic (exact) mass is 621 g/mol. The largest absolute Gasteiger partial charge is 0.372 e. The smallest absolute Gasteiger partial charge is 0.135 e. The molecule has 5 nitrogen and oxygen atoms in total. The minimum absolute atomic E-state index is 0.411. The van der Waals surface area contributed by atoms with Crippen molar-refractivity contribution in [3.8, 4) is 0 Å². The van der Waals surface area contributed by atoms with Crippen molar-refractivity contribution in [3.63, 3.8) is 0 Å². The number of aromatic nitrogens is 1. The quantitative estimate of drug-likeness (QED) is 0.234. The summed E-state index contributed by atoms with van der Waals surface area (Å²) in [5.41, 5.74) is 5.52. The fourth-order valence-corrected chi connectivity index (χ4v) is 7.57. The molecule has 0 amide bonds. The molecule has 0 spiro atoms. The summed E-state index contributed by atoms with van der Waals surface area (Å²) in [7, 11) is 6.45. The van der Waals surface area contributed by atoms with Crippen molar-refractivity contribution in [1.29, 1.82) is 0 Å². The van der Waals surface area contributed by atoms with E-state index in [-0.39, 0.29) is 0 Å². The Morgan fingerprint density at radius 3 is 1.50 bits per heavy atom. The maximum Gasteiger partial charge on any atom is 0.135 e. The number of anilines is 5. The van der Waals surface area contributed by atoms with E-state index in [1.807, 2.05) is 0 Å². The molecule has 0 N–H and O–H groups in total. The normalized spacial score (nSPS) is 22.5. The molecule has 5 heteroatoms. The van der Waals surface area contributed by atoms with Gasteiger partial charge in [-0.05, 0) is 128 Å². The Morgan fingerprint density at radius 2 is 1.02 bits per heavy atom. The summed E-state index contributed by atoms with van der Waals surface area (Å²) in [5.74, 6) is 3.50. The zero-order valence-electron chi connectivity index (χ0n) is 30.1. The standard InChI is InChI=1S/C41H59N5/c1-40(2,3)31-15-19-33(20-16-31)42-29-30-13-21-36(22-14-30)45(8)38-11-10-12-39(43-38)46(9)37-27-25-35(26-28-37)44(7)34-23-17-32(18-24-34)41(4,5)6/h10-14,21-22,25-29,31-34H,15-20,23-24H2,1-9H3. The molecule has 1 aromatic heterocycles. The molecule has 0 atom stereocenters. The van der Waals surface area contributed by atoms with Crippen LogP contribution in [0.15, 0.2) is 71.7 Å². The van der Waals surface area contributed by atoms with E-state index in [4.69, 9.17) is 9.98 Å². The van der Waals surface area contributed by atoms with E-state index in [1.165, 1.54) is 57.1 Å². The van der Waals surface area contributed by atoms with E-state index in [0.29, 0.717) is 22.9 Å². The first-order chi connectivity index (χ1) is 21.8. The maximum atomic E-state index is 5.04. The Labute approximate surface area is 280 Å². The highest BCUT2D eigenvalue weighted by atomic mass is 15.2. The fourth-order valence-electron chi connectivity index (χ4n) is 7.57. The van der Waals surface area contributed by atoms with Crippen LogP contribution >= 0.6 is 0 Å². The van der Waals surface area contributed by atoms with Gasteiger partial charge in [-0.25, -0.2) is 4.98 Å². The van der Waals surface area contributed by atoms with E-state index in [0.717, 1.165) is 40.4 Å². The third-order valence-corrected chi connectivity index (χ3v) is 11.2. The van der Waals surface area contributed by atoms with E-state index in [9.17, 15) is 0 Å². The van der Waals surface area contributed by atoms with Crippen molar-refractivity contribution < 1.29 is 0 Å². The summed E-state index contributed by atoms with van der Waals surface area (Å²) in [5, 5.41) is 0. The molecule has 46 heavy (non-hydrogen) atoms. The molecule has 2 aliphatic carbocycles. The average Bonchev–Trinajstić information content (AvgIpc) is 3.06. The van der Waals surface area contributed by atoms with Gasteiger partial charge in [-0.15, -0.1) is 0 Å². The summed E-state index contributed by atoms with van der Waals surface area (Å²) in [6, 6.07) is 25.0. The number of hydrogen-bond acceptors (Lipinski definition) is 5. The van der Waals surface area contributed by atoms with Gasteiger partial charge in [0.1, 0.15) is 11.6 Å². The van der Waals surface area contributed by atoms with Gasteiger partial charge in [0.2, 0.25) is 0 Å². The maximum absolute atomic E-state index is 5.04. The molecule has 5 rings (SSSR count). The van der Waals surface area contributed by atoms with Crippen LogP contribution in [0.25, 0.3) is 0 Å². The SMILES string of the molecule is CN(c1ccc(C=NC2CCC(C(C)(C)C)CC2)cc1)c1cccc(N(C)c2ccc(N(C)C3CCC(C(C)(C)C)CC3)cc2)n1. The van der Waals surface area contributed by atoms with Crippen LogP contribution in [0.5, 0.6) is 0 Å². The number of rotatable bonds is 8. The second-order valence-electron chi connectivity index (χ2n) is 16.2. The summed E-state index contributed by atoms with van der Waals surface area (Å²) < 4.78 is 0. The molecule has 0 saturated heterocycles. The number of benzene rings is 2. The lowest BCUT2D eigenvalue weighted by molar-refractivity contribution is 0.168. The lowest BCUT2D eigenvalue weighted by Crippen LogP contribution is -2.37. The molecule has 0 bridgehead atoms. The predicted molar refractivity (Wildman–Crippen MR) is 200 cm³/mol. The number of nitrogens with zero attached hydrogens (tertiary/aromatic N) is 5. The highest BCUT2D eigenvalue weighted by Crippen LogP contribution is 2.40. The van der Waals surface area contributed by atoms with Crippen LogP contribution in [0.3, 0.4) is 0 Å². The molecule has 248 valence electrons. The van der Waals surface area contributed by atoms with Crippen molar-refractivity contribution in [2.24, 2.45) is 27.7 Å². The van der Waals surface area contributed by atoms with Crippen LogP contribution in [-0.2, 0) is 0 Å². The van der Waals surface area contributed by atoms with E-state index < -0.39 is 0 Å². The van der Waals surface area contributed by atoms with Gasteiger partial charge < -0.3 is 14.7 Å². The molecule has 0 aliphatic heterocycles. The lowest BCUT2D eigenvalue weighted by atomic mass is 9.71. The van der Waals surface area contributed by atoms with Gasteiger partial charge in [0.15, 0.2) is 0 Å². The molecule has 0 radical (unpaired) electrons. The van der Waals surface area contributed by atoms with Crippen LogP contribution in [0.1, 0.15) is 98.5 Å². The molecule has 2 fully saturated rings. The number of hydrogen-bond donors (Lipinski definition) is 0. The van der Waals surface area contributed by atoms with Gasteiger partial charge in [0.25, 0.3) is 0 Å². The minimum atomic E-state index is 0.411. The van der Waals surface area contributed by atoms with Crippen molar-refractivity contribution in [3.05, 3.63) is 72.3 Å². The van der Waals surface area contributed by atoms with E-state index >= 15 is 0 Å². The first kappa shape index (κ1) is 34.0. The molecule has 3 aromatic rings. The molecule has 2 aliphatic rings. The Kier molecular flexibility index (Phi) is 10.5. The van der Waals surface area contributed by atoms with Crippen LogP contribution in [0.4, 0.5) is 28.7 Å². The Balaban J connectivity index is 1.17. The predicted octanol–water partition coefficient (Wildman–Crippen LogP) is 10.7. The molecular weight excluding hydrogens is 562 g/mol. The summed E-state index contributed by atoms with van der Waals surface area (Å²) >= 11 is 0. The molecular formula is C41H59N5. The van der Waals surface area contributed by atoms with Crippen molar-refractivity contribution in [2.45, 2.75) is 105 Å². The van der Waals surface area contributed by atoms with Crippen LogP contribution in [-0.4, -0.2) is 44.4 Å². The first-order valence-corrected chi connectivity index (χ1v) is 17.7. The van der Waals surface area contributed by atoms with Gasteiger partial charge in [0.05, 0.1) is 0 Å². The van der Waals surface area contributed by atoms with E-state index in [1.54, 1.807) is 0 Å². The van der Waals surface area contributed by atoms with Gasteiger partial charge in [-0.3, -0.25) is 4.99 Å². The van der Waals surface area contributed by atoms with Gasteiger partial charge in [0, 0.05) is 56.5 Å². The zero-order chi connectivity index (χ0) is 33.1. The van der Waals surface area contributed by atoms with Crippen molar-refractivity contribution in [1.82, 2.24) is 4.98 Å². The summed E-state index contributed by atoms with van der Waals surface area (Å²) in [6.07, 6.45) is 12.3. The van der Waals surface area contributed by atoms with Gasteiger partial charge in [-0.1, -0.05) is 59.7 Å². The van der Waals surface area contributed by atoms with Crippen LogP contribution in [0, 0.1) is 22.7 Å². The first-order valence-electron chi connectivity index (χ1n) is 17.7. The molecule has 0 unspecified atom stereocenters. The molecule has 2 aromatic carbocycles. The summed E-state index contributed by atoms with van der Waals surface area (Å²) in [4.78, 5) is 16.8. The lowest BCUT2D eigenvalue weighted by Gasteiger charge is -2.40. The molecule has 1 heterocycles. The Hall–Kier alpha value is -3.34. The second-order valence-corrected chi connectivity index (χ2v) is 16.2. The van der Waals surface area contributed by atoms with Gasteiger partial charge >= 0.3 is 0 Å². The highest BCUT2D eigenvalue weighted by Gasteiger charge is 2.31. The summed E-state index contributed by atoms with van der Waals surface area (Å²) in [6.45, 7) is 14.3. The number of aliphatic imine (C=N–C) groups is 1. The van der Waals surface area contributed by atoms with E-state index in [2.05, 4.69) is 150 Å². The average molecular weight is 622 g/mol. The number of pyridine rings is 1. The molecule has 2 saturated carbocycles. The third-order valence-electron chi connectivity index (χ3n) is 11.2. The van der Waals surface area contributed by atoms with Crippen LogP contribution in [0.2, 0.25) is 0 Å². The van der Waals surface area contributed by atoms with Crippen molar-refractivity contribution >= 4 is 34.9 Å². The zero-order valence-corrected chi connectivity index (χ0v) is 30.1. The van der Waals surface area contributed by atoms with Crippen LogP contribution < -0.4 is 14.7 Å². The topological polar surface area (TPSA) is 35.0 Å². The second kappa shape index (κ2) is 14.2. The third kappa shape index (κ3) is 8.32. The fraction of sp³-hybridized carbons (Fsp3) is 0.561.